The predicted molar refractivity (Wildman–Crippen MR) is 279 cm³/mol. The van der Waals surface area contributed by atoms with E-state index < -0.39 is 0 Å². The Morgan fingerprint density at radius 3 is 0.525 bits per heavy atom. The van der Waals surface area contributed by atoms with Crippen LogP contribution in [0.3, 0.4) is 0 Å². The third-order valence-electron chi connectivity index (χ3n) is 14.6. The van der Waals surface area contributed by atoms with Crippen molar-refractivity contribution < 1.29 is 13.4 Å². The van der Waals surface area contributed by atoms with E-state index >= 15 is 0 Å². The zero-order valence-electron chi connectivity index (χ0n) is 44.7. The summed E-state index contributed by atoms with van der Waals surface area (Å²) >= 11 is 0. The van der Waals surface area contributed by atoms with Crippen molar-refractivity contribution in [1.29, 1.82) is 0 Å². The molecule has 0 bridgehead atoms. The van der Waals surface area contributed by atoms with Gasteiger partial charge in [-0.05, 0) is 116 Å². The van der Waals surface area contributed by atoms with Gasteiger partial charge in [0.05, 0.1) is 81.6 Å². The normalized spacial score (nSPS) is 12.7. The summed E-state index contributed by atoms with van der Waals surface area (Å²) in [5.74, 6) is 0. The summed E-state index contributed by atoms with van der Waals surface area (Å²) in [6.07, 6.45) is 55.8. The SMILES string of the molecule is CCCCCCCCCCC[N+](C)(C)CCCCCCN(CCCCCC[N+](C)(C)CCCCCCCCCCC)CCCCCC[N+](C)(C)CCCCCCCCCCC. The van der Waals surface area contributed by atoms with Crippen LogP contribution in [0.25, 0.3) is 0 Å². The number of rotatable bonds is 51. The molecule has 368 valence electrons. The van der Waals surface area contributed by atoms with Gasteiger partial charge in [-0.3, -0.25) is 0 Å². The second-order valence-electron chi connectivity index (χ2n) is 22.7. The predicted octanol–water partition coefficient (Wildman–Crippen LogP) is 16.8. The second kappa shape index (κ2) is 43.7. The van der Waals surface area contributed by atoms with Gasteiger partial charge >= 0.3 is 0 Å². The molecule has 0 aromatic carbocycles. The molecule has 4 nitrogen and oxygen atoms in total. The van der Waals surface area contributed by atoms with Crippen molar-refractivity contribution in [3.05, 3.63) is 0 Å². The average molecular weight is 865 g/mol. The van der Waals surface area contributed by atoms with E-state index in [1.54, 1.807) is 0 Å². The van der Waals surface area contributed by atoms with Crippen molar-refractivity contribution in [2.45, 2.75) is 271 Å². The van der Waals surface area contributed by atoms with Crippen molar-refractivity contribution in [2.24, 2.45) is 0 Å². The van der Waals surface area contributed by atoms with E-state index in [0.29, 0.717) is 0 Å². The van der Waals surface area contributed by atoms with Gasteiger partial charge in [0.15, 0.2) is 0 Å². The fourth-order valence-electron chi connectivity index (χ4n) is 9.91. The van der Waals surface area contributed by atoms with Gasteiger partial charge in [0.1, 0.15) is 0 Å². The highest BCUT2D eigenvalue weighted by molar-refractivity contribution is 4.61. The minimum absolute atomic E-state index is 1.23. The van der Waals surface area contributed by atoms with E-state index in [-0.39, 0.29) is 0 Å². The van der Waals surface area contributed by atoms with Crippen LogP contribution < -0.4 is 0 Å². The monoisotopic (exact) mass is 864 g/mol. The number of hydrogen-bond acceptors (Lipinski definition) is 1. The molecular weight excluding hydrogens is 741 g/mol. The fourth-order valence-corrected chi connectivity index (χ4v) is 9.91. The first-order valence-electron chi connectivity index (χ1n) is 28.7. The van der Waals surface area contributed by atoms with Crippen LogP contribution in [0, 0.1) is 0 Å². The number of hydrogen-bond donors (Lipinski definition) is 0. The minimum Gasteiger partial charge on any atom is -0.328 e. The molecule has 0 saturated carbocycles. The lowest BCUT2D eigenvalue weighted by Gasteiger charge is -2.30. The summed E-state index contributed by atoms with van der Waals surface area (Å²) in [5, 5.41) is 0. The first-order chi connectivity index (χ1) is 29.5. The second-order valence-corrected chi connectivity index (χ2v) is 22.7. The average Bonchev–Trinajstić information content (AvgIpc) is 3.22. The van der Waals surface area contributed by atoms with Crippen LogP contribution >= 0.6 is 0 Å². The Balaban J connectivity index is 4.45. The Hall–Kier alpha value is -0.160. The molecule has 4 heteroatoms. The van der Waals surface area contributed by atoms with Crippen LogP contribution in [-0.4, -0.2) is 120 Å². The van der Waals surface area contributed by atoms with Gasteiger partial charge in [-0.25, -0.2) is 0 Å². The lowest BCUT2D eigenvalue weighted by Crippen LogP contribution is -2.41. The molecule has 0 unspecified atom stereocenters. The zero-order valence-corrected chi connectivity index (χ0v) is 44.7. The molecule has 0 rings (SSSR count). The van der Waals surface area contributed by atoms with Crippen molar-refractivity contribution in [2.75, 3.05) is 101 Å². The van der Waals surface area contributed by atoms with Crippen LogP contribution in [0.4, 0.5) is 0 Å². The molecule has 0 amide bonds. The smallest absolute Gasteiger partial charge is 0.0782 e. The van der Waals surface area contributed by atoms with Gasteiger partial charge in [0.25, 0.3) is 0 Å². The van der Waals surface area contributed by atoms with Gasteiger partial charge in [0, 0.05) is 0 Å². The molecular formula is C57H123N4+3. The van der Waals surface area contributed by atoms with Gasteiger partial charge in [0.2, 0.25) is 0 Å². The molecule has 0 aliphatic carbocycles. The van der Waals surface area contributed by atoms with Crippen molar-refractivity contribution in [3.63, 3.8) is 0 Å². The molecule has 0 aromatic rings. The Labute approximate surface area is 389 Å². The quantitative estimate of drug-likeness (QED) is 0.0435. The maximum Gasteiger partial charge on any atom is 0.0782 e. The molecule has 0 aliphatic heterocycles. The van der Waals surface area contributed by atoms with Crippen LogP contribution in [0.5, 0.6) is 0 Å². The van der Waals surface area contributed by atoms with E-state index in [2.05, 4.69) is 68.0 Å². The lowest BCUT2D eigenvalue weighted by atomic mass is 10.1. The third-order valence-corrected chi connectivity index (χ3v) is 14.6. The highest BCUT2D eigenvalue weighted by atomic mass is 15.3. The number of quaternary nitrogens is 3. The topological polar surface area (TPSA) is 3.24 Å². The summed E-state index contributed by atoms with van der Waals surface area (Å²) in [7, 11) is 14.9. The molecule has 0 N–H and O–H groups in total. The van der Waals surface area contributed by atoms with E-state index in [1.165, 1.54) is 323 Å². The van der Waals surface area contributed by atoms with E-state index in [1.807, 2.05) is 0 Å². The highest BCUT2D eigenvalue weighted by Gasteiger charge is 2.16. The minimum atomic E-state index is 1.23. The Morgan fingerprint density at radius 2 is 0.344 bits per heavy atom. The maximum absolute atomic E-state index is 2.89. The third kappa shape index (κ3) is 46.2. The molecule has 0 heterocycles. The Kier molecular flexibility index (Phi) is 43.6. The molecule has 0 aliphatic rings. The molecule has 0 aromatic heterocycles. The maximum atomic E-state index is 2.89. The summed E-state index contributed by atoms with van der Waals surface area (Å²) in [5.41, 5.74) is 0. The van der Waals surface area contributed by atoms with E-state index in [0.717, 1.165) is 0 Å². The summed E-state index contributed by atoms with van der Waals surface area (Å²) in [4.78, 5) is 2.89. The van der Waals surface area contributed by atoms with Crippen LogP contribution in [0.2, 0.25) is 0 Å². The van der Waals surface area contributed by atoms with Gasteiger partial charge in [-0.2, -0.15) is 0 Å². The summed E-state index contributed by atoms with van der Waals surface area (Å²) in [6.45, 7) is 19.2. The standard InChI is InChI=1S/C57H123N4/c1-10-13-16-19-22-25-28-34-43-52-59(4,5)55-46-37-31-40-49-58(50-41-32-38-47-56-60(6,7)53-44-35-29-26-23-20-17-14-11-2)51-42-33-39-48-57-61(8,9)54-45-36-30-27-24-21-18-15-12-3/h10-57H2,1-9H3/q+3. The van der Waals surface area contributed by atoms with Gasteiger partial charge in [-0.15, -0.1) is 0 Å². The van der Waals surface area contributed by atoms with Crippen molar-refractivity contribution in [3.8, 4) is 0 Å². The van der Waals surface area contributed by atoms with Gasteiger partial charge < -0.3 is 18.3 Å². The summed E-state index contributed by atoms with van der Waals surface area (Å²) < 4.78 is 3.69. The number of nitrogens with zero attached hydrogens (tertiary/aromatic N) is 4. The van der Waals surface area contributed by atoms with Crippen LogP contribution in [0.1, 0.15) is 271 Å². The molecule has 0 radical (unpaired) electrons. The van der Waals surface area contributed by atoms with Crippen LogP contribution in [-0.2, 0) is 0 Å². The summed E-state index contributed by atoms with van der Waals surface area (Å²) in [6, 6.07) is 0. The molecule has 0 saturated heterocycles. The first-order valence-corrected chi connectivity index (χ1v) is 28.7. The van der Waals surface area contributed by atoms with Crippen molar-refractivity contribution >= 4 is 0 Å². The Bertz CT molecular complexity index is 743. The molecule has 0 fully saturated rings. The molecule has 0 spiro atoms. The lowest BCUT2D eigenvalue weighted by molar-refractivity contribution is -0.890. The van der Waals surface area contributed by atoms with E-state index in [4.69, 9.17) is 0 Å². The van der Waals surface area contributed by atoms with Gasteiger partial charge in [-0.1, -0.05) is 175 Å². The number of unbranched alkanes of at least 4 members (excludes halogenated alkanes) is 33. The zero-order chi connectivity index (χ0) is 45.0. The Morgan fingerprint density at radius 1 is 0.197 bits per heavy atom. The van der Waals surface area contributed by atoms with Crippen LogP contribution in [0.15, 0.2) is 0 Å². The highest BCUT2D eigenvalue weighted by Crippen LogP contribution is 2.17. The largest absolute Gasteiger partial charge is 0.328 e. The van der Waals surface area contributed by atoms with E-state index in [9.17, 15) is 0 Å². The first kappa shape index (κ1) is 60.8. The fraction of sp³-hybridized carbons (Fsp3) is 1.00. The molecule has 61 heavy (non-hydrogen) atoms. The molecule has 0 atom stereocenters. The van der Waals surface area contributed by atoms with Crippen molar-refractivity contribution in [1.82, 2.24) is 4.90 Å².